The molecule has 0 aliphatic carbocycles. The van der Waals surface area contributed by atoms with E-state index in [0.717, 1.165) is 24.2 Å². The molecule has 2 amide bonds. The molecule has 3 heterocycles. The number of rotatable bonds is 8. The summed E-state index contributed by atoms with van der Waals surface area (Å²) in [6, 6.07) is 19.2. The zero-order valence-electron chi connectivity index (χ0n) is 19.7. The first-order valence-electron chi connectivity index (χ1n) is 11.6. The fourth-order valence-corrected chi connectivity index (χ4v) is 5.70. The molecule has 5 rings (SSSR count). The van der Waals surface area contributed by atoms with E-state index in [9.17, 15) is 9.59 Å². The third-order valence-electron chi connectivity index (χ3n) is 5.91. The van der Waals surface area contributed by atoms with Crippen LogP contribution in [0.25, 0.3) is 5.69 Å². The number of thioether (sulfide) groups is 1. The summed E-state index contributed by atoms with van der Waals surface area (Å²) in [5.41, 5.74) is 2.92. The Hall–Kier alpha value is -3.63. The average molecular weight is 520 g/mol. The predicted molar refractivity (Wildman–Crippen MR) is 141 cm³/mol. The van der Waals surface area contributed by atoms with Crippen LogP contribution < -0.4 is 15.0 Å². The zero-order chi connectivity index (χ0) is 24.9. The van der Waals surface area contributed by atoms with Crippen molar-refractivity contribution in [1.82, 2.24) is 20.1 Å². The molecule has 36 heavy (non-hydrogen) atoms. The highest BCUT2D eigenvalue weighted by Crippen LogP contribution is 2.31. The number of methoxy groups -OCH3 is 1. The van der Waals surface area contributed by atoms with Crippen LogP contribution in [-0.2, 0) is 17.8 Å². The third kappa shape index (κ3) is 5.00. The minimum Gasteiger partial charge on any atom is -0.495 e. The quantitative estimate of drug-likeness (QED) is 0.349. The lowest BCUT2D eigenvalue weighted by Crippen LogP contribution is -2.36. The van der Waals surface area contributed by atoms with Gasteiger partial charge in [0.2, 0.25) is 5.91 Å². The molecule has 1 aliphatic heterocycles. The molecule has 1 N–H and O–H groups in total. The molecule has 0 saturated carbocycles. The van der Waals surface area contributed by atoms with Crippen molar-refractivity contribution in [2.24, 2.45) is 0 Å². The smallest absolute Gasteiger partial charge is 0.261 e. The van der Waals surface area contributed by atoms with Crippen LogP contribution in [0.1, 0.15) is 27.5 Å². The number of nitrogens with one attached hydrogen (secondary N) is 1. The van der Waals surface area contributed by atoms with Crippen molar-refractivity contribution in [3.05, 3.63) is 82.3 Å². The fourth-order valence-electron chi connectivity index (χ4n) is 4.22. The molecule has 0 spiro atoms. The average Bonchev–Trinajstić information content (AvgIpc) is 3.60. The van der Waals surface area contributed by atoms with Crippen molar-refractivity contribution in [1.29, 1.82) is 0 Å². The molecule has 0 saturated heterocycles. The second kappa shape index (κ2) is 11.0. The normalized spacial score (nSPS) is 12.8. The number of thiophene rings is 1. The van der Waals surface area contributed by atoms with Crippen molar-refractivity contribution < 1.29 is 14.3 Å². The number of amides is 2. The number of carbonyl (C=O) groups is 2. The zero-order valence-corrected chi connectivity index (χ0v) is 21.3. The molecule has 0 unspecified atom stereocenters. The number of para-hydroxylation sites is 3. The maximum Gasteiger partial charge on any atom is 0.261 e. The Morgan fingerprint density at radius 2 is 1.86 bits per heavy atom. The number of hydrogen-bond donors (Lipinski definition) is 1. The summed E-state index contributed by atoms with van der Waals surface area (Å²) in [5.74, 6) is 1.24. The molecule has 0 fully saturated rings. The molecule has 0 atom stereocenters. The Kier molecular flexibility index (Phi) is 7.33. The molecule has 0 bridgehead atoms. The van der Waals surface area contributed by atoms with Gasteiger partial charge in [0.25, 0.3) is 5.91 Å². The van der Waals surface area contributed by atoms with Crippen LogP contribution in [-0.4, -0.2) is 46.0 Å². The molecule has 2 aromatic heterocycles. The molecular formula is C26H25N5O3S2. The maximum atomic E-state index is 13.2. The van der Waals surface area contributed by atoms with Crippen LogP contribution in [0.2, 0.25) is 0 Å². The Bertz CT molecular complexity index is 1370. The van der Waals surface area contributed by atoms with E-state index in [2.05, 4.69) is 21.6 Å². The van der Waals surface area contributed by atoms with Crippen LogP contribution >= 0.6 is 23.1 Å². The lowest BCUT2D eigenvalue weighted by atomic mass is 10.0. The van der Waals surface area contributed by atoms with E-state index >= 15 is 0 Å². The third-order valence-corrected chi connectivity index (χ3v) is 7.70. The van der Waals surface area contributed by atoms with Gasteiger partial charge in [0.15, 0.2) is 11.0 Å². The highest BCUT2D eigenvalue weighted by molar-refractivity contribution is 7.99. The minimum absolute atomic E-state index is 0.0225. The Labute approximate surface area is 217 Å². The van der Waals surface area contributed by atoms with Gasteiger partial charge in [0, 0.05) is 12.2 Å². The van der Waals surface area contributed by atoms with E-state index in [-0.39, 0.29) is 24.1 Å². The van der Waals surface area contributed by atoms with E-state index in [4.69, 9.17) is 4.74 Å². The van der Waals surface area contributed by atoms with Crippen LogP contribution in [0.5, 0.6) is 5.75 Å². The predicted octanol–water partition coefficient (Wildman–Crippen LogP) is 4.34. The Balaban J connectivity index is 1.38. The monoisotopic (exact) mass is 519 g/mol. The SMILES string of the molecule is COc1ccccc1-n1c(CNC(=O)c2cccs2)nnc1SCC(=O)N1CCCc2ccccc21. The van der Waals surface area contributed by atoms with Gasteiger partial charge in [-0.15, -0.1) is 21.5 Å². The molecule has 2 aromatic carbocycles. The second-order valence-electron chi connectivity index (χ2n) is 8.13. The van der Waals surface area contributed by atoms with Crippen molar-refractivity contribution in [3.8, 4) is 11.4 Å². The number of fused-ring (bicyclic) bond motifs is 1. The van der Waals surface area contributed by atoms with Crippen molar-refractivity contribution >= 4 is 40.6 Å². The standard InChI is InChI=1S/C26H25N5O3S2/c1-34-21-12-5-4-11-20(21)31-23(16-27-25(33)22-13-7-15-35-22)28-29-26(31)36-17-24(32)30-14-6-9-18-8-2-3-10-19(18)30/h2-5,7-8,10-13,15H,6,9,14,16-17H2,1H3,(H,27,33). The number of aryl methyl sites for hydroxylation is 1. The highest BCUT2D eigenvalue weighted by Gasteiger charge is 2.24. The topological polar surface area (TPSA) is 89.3 Å². The molecule has 10 heteroatoms. The Morgan fingerprint density at radius 1 is 1.06 bits per heavy atom. The molecule has 4 aromatic rings. The summed E-state index contributed by atoms with van der Waals surface area (Å²) in [6.45, 7) is 0.880. The summed E-state index contributed by atoms with van der Waals surface area (Å²) in [7, 11) is 1.60. The van der Waals surface area contributed by atoms with Gasteiger partial charge in [-0.25, -0.2) is 0 Å². The van der Waals surface area contributed by atoms with Gasteiger partial charge in [0.05, 0.1) is 30.0 Å². The summed E-state index contributed by atoms with van der Waals surface area (Å²) in [6.07, 6.45) is 1.93. The molecular weight excluding hydrogens is 494 g/mol. The van der Waals surface area contributed by atoms with Crippen molar-refractivity contribution in [2.75, 3.05) is 24.3 Å². The lowest BCUT2D eigenvalue weighted by Gasteiger charge is -2.29. The molecule has 184 valence electrons. The fraction of sp³-hybridized carbons (Fsp3) is 0.231. The first kappa shape index (κ1) is 24.1. The van der Waals surface area contributed by atoms with Gasteiger partial charge in [-0.3, -0.25) is 14.2 Å². The summed E-state index contributed by atoms with van der Waals surface area (Å²) in [5, 5.41) is 14.0. The van der Waals surface area contributed by atoms with Gasteiger partial charge in [-0.1, -0.05) is 48.2 Å². The van der Waals surface area contributed by atoms with E-state index < -0.39 is 0 Å². The van der Waals surface area contributed by atoms with Crippen LogP contribution in [0.3, 0.4) is 0 Å². The van der Waals surface area contributed by atoms with Gasteiger partial charge in [0.1, 0.15) is 5.75 Å². The van der Waals surface area contributed by atoms with Crippen LogP contribution in [0.4, 0.5) is 5.69 Å². The first-order chi connectivity index (χ1) is 17.7. The summed E-state index contributed by atoms with van der Waals surface area (Å²) >= 11 is 2.70. The number of ether oxygens (including phenoxy) is 1. The molecule has 0 radical (unpaired) electrons. The van der Waals surface area contributed by atoms with Crippen LogP contribution in [0, 0.1) is 0 Å². The molecule has 1 aliphatic rings. The first-order valence-corrected chi connectivity index (χ1v) is 13.4. The molecule has 8 nitrogen and oxygen atoms in total. The number of aromatic nitrogens is 3. The highest BCUT2D eigenvalue weighted by atomic mass is 32.2. The maximum absolute atomic E-state index is 13.2. The van der Waals surface area contributed by atoms with Crippen molar-refractivity contribution in [3.63, 3.8) is 0 Å². The van der Waals surface area contributed by atoms with Crippen molar-refractivity contribution in [2.45, 2.75) is 24.5 Å². The number of benzene rings is 2. The largest absolute Gasteiger partial charge is 0.495 e. The minimum atomic E-state index is -0.173. The second-order valence-corrected chi connectivity index (χ2v) is 10.0. The number of nitrogens with zero attached hydrogens (tertiary/aromatic N) is 4. The van der Waals surface area contributed by atoms with E-state index in [1.807, 2.05) is 63.4 Å². The van der Waals surface area contributed by atoms with E-state index in [1.54, 1.807) is 13.2 Å². The van der Waals surface area contributed by atoms with Gasteiger partial charge in [-0.2, -0.15) is 0 Å². The van der Waals surface area contributed by atoms with E-state index in [0.29, 0.717) is 28.2 Å². The van der Waals surface area contributed by atoms with Gasteiger partial charge >= 0.3 is 0 Å². The Morgan fingerprint density at radius 3 is 2.67 bits per heavy atom. The summed E-state index contributed by atoms with van der Waals surface area (Å²) in [4.78, 5) is 28.2. The number of hydrogen-bond acceptors (Lipinski definition) is 7. The summed E-state index contributed by atoms with van der Waals surface area (Å²) < 4.78 is 7.42. The number of anilines is 1. The van der Waals surface area contributed by atoms with Crippen LogP contribution in [0.15, 0.2) is 71.2 Å². The number of carbonyl (C=O) groups excluding carboxylic acids is 2. The van der Waals surface area contributed by atoms with Gasteiger partial charge < -0.3 is 15.0 Å². The lowest BCUT2D eigenvalue weighted by molar-refractivity contribution is -0.116. The van der Waals surface area contributed by atoms with Gasteiger partial charge in [-0.05, 0) is 48.1 Å². The van der Waals surface area contributed by atoms with E-state index in [1.165, 1.54) is 28.7 Å².